The van der Waals surface area contributed by atoms with E-state index in [1.54, 1.807) is 12.1 Å². The number of fused-ring (bicyclic) bond motifs is 1. The molecule has 38 heavy (non-hydrogen) atoms. The molecule has 0 aliphatic heterocycles. The first-order valence-electron chi connectivity index (χ1n) is 11.8. The molecule has 2 heterocycles. The quantitative estimate of drug-likeness (QED) is 0.278. The highest BCUT2D eigenvalue weighted by Gasteiger charge is 2.34. The third kappa shape index (κ3) is 6.25. The van der Waals surface area contributed by atoms with Crippen molar-refractivity contribution in [3.8, 4) is 11.3 Å². The number of nitrogens with zero attached hydrogens (tertiary/aromatic N) is 3. The Balaban J connectivity index is 1.76. The number of rotatable bonds is 7. The molecule has 4 aromatic rings. The van der Waals surface area contributed by atoms with Crippen molar-refractivity contribution in [2.24, 2.45) is 0 Å². The van der Waals surface area contributed by atoms with Gasteiger partial charge in [0.2, 0.25) is 0 Å². The van der Waals surface area contributed by atoms with Crippen LogP contribution in [0, 0.1) is 0 Å². The van der Waals surface area contributed by atoms with Gasteiger partial charge in [0.1, 0.15) is 19.0 Å². The summed E-state index contributed by atoms with van der Waals surface area (Å²) in [5, 5.41) is 3.87. The summed E-state index contributed by atoms with van der Waals surface area (Å²) in [7, 11) is 1.25. The number of esters is 1. The maximum absolute atomic E-state index is 13.6. The van der Waals surface area contributed by atoms with Crippen molar-refractivity contribution in [1.29, 1.82) is 0 Å². The Labute approximate surface area is 218 Å². The molecule has 4 rings (SSSR count). The standard InChI is InChI=1S/C28H27F3N4O3/c1-27(2,3)18-8-10-19(11-9-18)33-26-20-12-7-17(25-21(28(29,30)31)6-5-13-32-25)14-22(20)34-23(35-26)15-38-16-24(36)37-4/h5-14H,15-16H2,1-4H3,(H,33,34,35). The summed E-state index contributed by atoms with van der Waals surface area (Å²) >= 11 is 0. The van der Waals surface area contributed by atoms with E-state index < -0.39 is 17.7 Å². The molecular formula is C28H27F3N4O3. The number of anilines is 2. The summed E-state index contributed by atoms with van der Waals surface area (Å²) in [6, 6.07) is 14.9. The lowest BCUT2D eigenvalue weighted by molar-refractivity contribution is -0.146. The van der Waals surface area contributed by atoms with Crippen molar-refractivity contribution < 1.29 is 27.4 Å². The lowest BCUT2D eigenvalue weighted by atomic mass is 9.87. The number of aromatic nitrogens is 3. The average Bonchev–Trinajstić information content (AvgIpc) is 2.87. The molecule has 2 aromatic heterocycles. The van der Waals surface area contributed by atoms with Crippen LogP contribution in [-0.4, -0.2) is 34.6 Å². The minimum absolute atomic E-state index is 0.0125. The van der Waals surface area contributed by atoms with Crippen LogP contribution in [0.1, 0.15) is 37.7 Å². The van der Waals surface area contributed by atoms with Gasteiger partial charge in [0.15, 0.2) is 5.82 Å². The largest absolute Gasteiger partial charge is 0.467 e. The van der Waals surface area contributed by atoms with E-state index in [0.717, 1.165) is 17.3 Å². The second kappa shape index (κ2) is 10.7. The van der Waals surface area contributed by atoms with Crippen molar-refractivity contribution in [2.75, 3.05) is 19.0 Å². The van der Waals surface area contributed by atoms with Crippen molar-refractivity contribution >= 4 is 28.4 Å². The van der Waals surface area contributed by atoms with Gasteiger partial charge in [0, 0.05) is 22.8 Å². The molecule has 0 bridgehead atoms. The van der Waals surface area contributed by atoms with Crippen molar-refractivity contribution in [2.45, 2.75) is 39.0 Å². The summed E-state index contributed by atoms with van der Waals surface area (Å²) in [6.45, 7) is 5.97. The highest BCUT2D eigenvalue weighted by molar-refractivity contribution is 5.93. The van der Waals surface area contributed by atoms with E-state index in [-0.39, 0.29) is 35.7 Å². The Hall–Kier alpha value is -4.05. The van der Waals surface area contributed by atoms with Crippen LogP contribution in [0.2, 0.25) is 0 Å². The van der Waals surface area contributed by atoms with Gasteiger partial charge in [-0.2, -0.15) is 13.2 Å². The first kappa shape index (κ1) is 27.0. The number of alkyl halides is 3. The van der Waals surface area contributed by atoms with Gasteiger partial charge in [0.25, 0.3) is 0 Å². The van der Waals surface area contributed by atoms with Crippen LogP contribution in [0.25, 0.3) is 22.2 Å². The fourth-order valence-electron chi connectivity index (χ4n) is 3.82. The highest BCUT2D eigenvalue weighted by Crippen LogP contribution is 2.37. The summed E-state index contributed by atoms with van der Waals surface area (Å²) < 4.78 is 50.8. The maximum atomic E-state index is 13.6. The topological polar surface area (TPSA) is 86.2 Å². The van der Waals surface area contributed by atoms with Crippen LogP contribution < -0.4 is 5.32 Å². The van der Waals surface area contributed by atoms with E-state index in [2.05, 4.69) is 45.8 Å². The Morgan fingerprint density at radius 3 is 2.39 bits per heavy atom. The van der Waals surface area contributed by atoms with Crippen LogP contribution in [0.15, 0.2) is 60.8 Å². The number of carbonyl (C=O) groups excluding carboxylic acids is 1. The molecule has 7 nitrogen and oxygen atoms in total. The van der Waals surface area contributed by atoms with Gasteiger partial charge in [-0.05, 0) is 47.4 Å². The van der Waals surface area contributed by atoms with Gasteiger partial charge >= 0.3 is 12.1 Å². The molecular weight excluding hydrogens is 497 g/mol. The van der Waals surface area contributed by atoms with E-state index in [1.807, 2.05) is 24.3 Å². The summed E-state index contributed by atoms with van der Waals surface area (Å²) in [6.07, 6.45) is -3.25. The minimum atomic E-state index is -4.57. The zero-order chi connectivity index (χ0) is 27.5. The number of benzene rings is 2. The summed E-state index contributed by atoms with van der Waals surface area (Å²) in [4.78, 5) is 24.5. The number of methoxy groups -OCH3 is 1. The second-order valence-corrected chi connectivity index (χ2v) is 9.64. The third-order valence-corrected chi connectivity index (χ3v) is 5.82. The highest BCUT2D eigenvalue weighted by atomic mass is 19.4. The Morgan fingerprint density at radius 1 is 1.00 bits per heavy atom. The van der Waals surface area contributed by atoms with Crippen molar-refractivity contribution in [3.05, 3.63) is 77.7 Å². The number of hydrogen-bond acceptors (Lipinski definition) is 7. The molecule has 198 valence electrons. The van der Waals surface area contributed by atoms with E-state index in [0.29, 0.717) is 16.7 Å². The first-order valence-corrected chi connectivity index (χ1v) is 11.8. The van der Waals surface area contributed by atoms with Crippen LogP contribution in [-0.2, 0) is 32.5 Å². The van der Waals surface area contributed by atoms with Crippen LogP contribution in [0.5, 0.6) is 0 Å². The van der Waals surface area contributed by atoms with E-state index in [9.17, 15) is 18.0 Å². The number of nitrogens with one attached hydrogen (secondary N) is 1. The minimum Gasteiger partial charge on any atom is -0.467 e. The molecule has 1 N–H and O–H groups in total. The maximum Gasteiger partial charge on any atom is 0.418 e. The fourth-order valence-corrected chi connectivity index (χ4v) is 3.82. The molecule has 0 aliphatic carbocycles. The second-order valence-electron chi connectivity index (χ2n) is 9.64. The number of halogens is 3. The van der Waals surface area contributed by atoms with Crippen LogP contribution in [0.4, 0.5) is 24.7 Å². The lowest BCUT2D eigenvalue weighted by Gasteiger charge is -2.19. The number of pyridine rings is 1. The van der Waals surface area contributed by atoms with Gasteiger partial charge in [-0.15, -0.1) is 0 Å². The number of hydrogen-bond donors (Lipinski definition) is 1. The molecule has 0 amide bonds. The molecule has 0 radical (unpaired) electrons. The van der Waals surface area contributed by atoms with Crippen LogP contribution in [0.3, 0.4) is 0 Å². The molecule has 0 aliphatic rings. The molecule has 0 saturated heterocycles. The first-order chi connectivity index (χ1) is 18.0. The average molecular weight is 525 g/mol. The number of carbonyl (C=O) groups is 1. The smallest absolute Gasteiger partial charge is 0.418 e. The SMILES string of the molecule is COC(=O)COCc1nc(Nc2ccc(C(C)(C)C)cc2)c2ccc(-c3ncccc3C(F)(F)F)cc2n1. The molecule has 10 heteroatoms. The zero-order valence-corrected chi connectivity index (χ0v) is 21.4. The number of ether oxygens (including phenoxy) is 2. The van der Waals surface area contributed by atoms with Gasteiger partial charge in [-0.3, -0.25) is 4.98 Å². The molecule has 0 unspecified atom stereocenters. The lowest BCUT2D eigenvalue weighted by Crippen LogP contribution is -2.12. The normalized spacial score (nSPS) is 12.0. The third-order valence-electron chi connectivity index (χ3n) is 5.82. The van der Waals surface area contributed by atoms with Gasteiger partial charge in [-0.1, -0.05) is 39.0 Å². The zero-order valence-electron chi connectivity index (χ0n) is 21.4. The van der Waals surface area contributed by atoms with Gasteiger partial charge in [-0.25, -0.2) is 14.8 Å². The predicted octanol–water partition coefficient (Wildman–Crippen LogP) is 6.44. The molecule has 0 saturated carbocycles. The molecule has 2 aromatic carbocycles. The van der Waals surface area contributed by atoms with Crippen LogP contribution >= 0.6 is 0 Å². The van der Waals surface area contributed by atoms with Crippen molar-refractivity contribution in [3.63, 3.8) is 0 Å². The summed E-state index contributed by atoms with van der Waals surface area (Å²) in [5.41, 5.74) is 1.53. The molecule has 0 fully saturated rings. The van der Waals surface area contributed by atoms with E-state index in [4.69, 9.17) is 4.74 Å². The van der Waals surface area contributed by atoms with E-state index >= 15 is 0 Å². The molecule has 0 atom stereocenters. The van der Waals surface area contributed by atoms with Gasteiger partial charge < -0.3 is 14.8 Å². The van der Waals surface area contributed by atoms with Crippen molar-refractivity contribution in [1.82, 2.24) is 15.0 Å². The van der Waals surface area contributed by atoms with Gasteiger partial charge in [0.05, 0.1) is 23.9 Å². The predicted molar refractivity (Wildman–Crippen MR) is 138 cm³/mol. The van der Waals surface area contributed by atoms with E-state index in [1.165, 1.54) is 25.4 Å². The fraction of sp³-hybridized carbons (Fsp3) is 0.286. The summed E-state index contributed by atoms with van der Waals surface area (Å²) in [5.74, 6) is 0.128. The monoisotopic (exact) mass is 524 g/mol. The molecule has 0 spiro atoms. The Bertz CT molecular complexity index is 1450. The Morgan fingerprint density at radius 2 is 1.74 bits per heavy atom. The Kier molecular flexibility index (Phi) is 7.63.